The van der Waals surface area contributed by atoms with Crippen molar-refractivity contribution in [2.75, 3.05) is 32.7 Å². The molecular formula is C45H56N4O4. The first-order valence-corrected chi connectivity index (χ1v) is 20.0. The summed E-state index contributed by atoms with van der Waals surface area (Å²) in [4.78, 5) is 47.6. The second-order valence-corrected chi connectivity index (χ2v) is 16.0. The zero-order chi connectivity index (χ0) is 36.8. The summed E-state index contributed by atoms with van der Waals surface area (Å²) in [5.41, 5.74) is 2.62. The van der Waals surface area contributed by atoms with E-state index in [1.165, 1.54) is 32.1 Å². The van der Waals surface area contributed by atoms with Gasteiger partial charge in [0.15, 0.2) is 0 Å². The van der Waals surface area contributed by atoms with Crippen LogP contribution < -0.4 is 5.32 Å². The number of β-amino-alcohol motifs (C(OH)–C–C–N with tert-alkyl or cyclic N) is 1. The molecule has 0 bridgehead atoms. The predicted molar refractivity (Wildman–Crippen MR) is 208 cm³/mol. The van der Waals surface area contributed by atoms with E-state index in [0.29, 0.717) is 43.5 Å². The van der Waals surface area contributed by atoms with Gasteiger partial charge in [-0.1, -0.05) is 110 Å². The highest BCUT2D eigenvalue weighted by molar-refractivity contribution is 5.88. The summed E-state index contributed by atoms with van der Waals surface area (Å²) in [6.07, 6.45) is 8.45. The van der Waals surface area contributed by atoms with Gasteiger partial charge in [0.25, 0.3) is 0 Å². The number of rotatable bonds is 11. The fourth-order valence-corrected chi connectivity index (χ4v) is 10.0. The molecule has 280 valence electrons. The maximum atomic E-state index is 14.9. The second kappa shape index (κ2) is 16.9. The monoisotopic (exact) mass is 716 g/mol. The lowest BCUT2D eigenvalue weighted by Gasteiger charge is -2.41. The number of aliphatic hydroxyl groups is 1. The molecule has 3 aromatic carbocycles. The van der Waals surface area contributed by atoms with Crippen LogP contribution in [0.4, 0.5) is 0 Å². The van der Waals surface area contributed by atoms with Crippen molar-refractivity contribution in [3.63, 3.8) is 0 Å². The Morgan fingerprint density at radius 2 is 1.43 bits per heavy atom. The minimum absolute atomic E-state index is 0.111. The van der Waals surface area contributed by atoms with Crippen LogP contribution in [0.3, 0.4) is 0 Å². The predicted octanol–water partition coefficient (Wildman–Crippen LogP) is 5.96. The molecule has 0 aromatic heterocycles. The van der Waals surface area contributed by atoms with E-state index >= 15 is 0 Å². The van der Waals surface area contributed by atoms with Crippen LogP contribution in [-0.4, -0.2) is 94.6 Å². The maximum Gasteiger partial charge on any atom is 0.242 e. The standard InChI is InChI=1S/C45H56N4O4/c1-33(35-16-6-2-7-17-35)47-25-14-15-34(30-47)29-46-44(53)43-36(32-50)24-26-48(43)41-27-40(51)31-49(41)42(52)28-45(37-18-8-3-9-19-37,38-20-10-4-11-21-38)39-22-12-5-13-23-39/h3-5,8-13,18-23,33-35,40-41,43,51H,2,6-7,14-17,24-31H2,1H3,(H,46,53)/t33?,34-,40+,41-,43+/m0/s1. The average molecular weight is 717 g/mol. The Morgan fingerprint density at radius 1 is 0.830 bits per heavy atom. The van der Waals surface area contributed by atoms with Crippen LogP contribution in [0.1, 0.15) is 87.8 Å². The third-order valence-corrected chi connectivity index (χ3v) is 12.9. The van der Waals surface area contributed by atoms with Crippen molar-refractivity contribution in [1.29, 1.82) is 0 Å². The molecule has 1 unspecified atom stereocenters. The van der Waals surface area contributed by atoms with Crippen LogP contribution in [0.5, 0.6) is 0 Å². The zero-order valence-electron chi connectivity index (χ0n) is 31.2. The number of hydrogen-bond donors (Lipinski definition) is 2. The normalized spacial score (nSPS) is 25.2. The summed E-state index contributed by atoms with van der Waals surface area (Å²) in [5, 5.41) is 14.3. The highest BCUT2D eigenvalue weighted by Crippen LogP contribution is 2.44. The van der Waals surface area contributed by atoms with Crippen molar-refractivity contribution >= 4 is 17.8 Å². The summed E-state index contributed by atoms with van der Waals surface area (Å²) in [5.74, 6) is 2.88. The molecule has 1 saturated carbocycles. The zero-order valence-corrected chi connectivity index (χ0v) is 31.2. The average Bonchev–Trinajstić information content (AvgIpc) is 3.83. The van der Waals surface area contributed by atoms with Crippen LogP contribution in [-0.2, 0) is 19.8 Å². The summed E-state index contributed by atoms with van der Waals surface area (Å²) >= 11 is 0. The van der Waals surface area contributed by atoms with E-state index in [0.717, 1.165) is 48.5 Å². The fraction of sp³-hybridized carbons (Fsp3) is 0.511. The Bertz CT molecular complexity index is 1630. The molecule has 2 N–H and O–H groups in total. The van der Waals surface area contributed by atoms with Gasteiger partial charge in [-0.05, 0) is 74.1 Å². The van der Waals surface area contributed by atoms with Crippen LogP contribution in [0.15, 0.2) is 96.6 Å². The van der Waals surface area contributed by atoms with E-state index in [4.69, 9.17) is 0 Å². The molecule has 3 aromatic rings. The van der Waals surface area contributed by atoms with E-state index in [9.17, 15) is 19.5 Å². The molecule has 3 heterocycles. The lowest BCUT2D eigenvalue weighted by atomic mass is 9.67. The summed E-state index contributed by atoms with van der Waals surface area (Å²) in [6, 6.07) is 30.2. The molecule has 0 radical (unpaired) electrons. The first kappa shape index (κ1) is 37.3. The van der Waals surface area contributed by atoms with E-state index in [-0.39, 0.29) is 24.8 Å². The number of carbonyl (C=O) groups is 2. The highest BCUT2D eigenvalue weighted by atomic mass is 16.3. The van der Waals surface area contributed by atoms with E-state index in [1.807, 2.05) is 59.5 Å². The van der Waals surface area contributed by atoms with Crippen LogP contribution in [0, 0.1) is 11.8 Å². The Hall–Kier alpha value is -4.07. The minimum atomic E-state index is -0.818. The molecule has 7 rings (SSSR count). The molecule has 4 aliphatic rings. The Morgan fingerprint density at radius 3 is 2.02 bits per heavy atom. The first-order chi connectivity index (χ1) is 25.9. The quantitative estimate of drug-likeness (QED) is 0.188. The SMILES string of the molecule is CC(C1CCCCC1)N1CCC[C@@H](CNC(=O)[C@H]2C(=C=O)CCN2[C@@H]2C[C@@H](O)CN2C(=O)CC(c2ccccc2)(c2ccccc2)c2ccccc2)C1. The third-order valence-electron chi connectivity index (χ3n) is 12.9. The largest absolute Gasteiger partial charge is 0.391 e. The van der Waals surface area contributed by atoms with Gasteiger partial charge in [-0.25, -0.2) is 4.79 Å². The fourth-order valence-electron chi connectivity index (χ4n) is 10.0. The lowest BCUT2D eigenvalue weighted by Crippen LogP contribution is -2.55. The van der Waals surface area contributed by atoms with E-state index in [1.54, 1.807) is 4.90 Å². The molecule has 1 aliphatic carbocycles. The molecule has 3 aliphatic heterocycles. The van der Waals surface area contributed by atoms with Gasteiger partial charge in [-0.2, -0.15) is 0 Å². The molecule has 3 saturated heterocycles. The van der Waals surface area contributed by atoms with Gasteiger partial charge >= 0.3 is 0 Å². The van der Waals surface area contributed by atoms with Crippen molar-refractivity contribution in [1.82, 2.24) is 20.0 Å². The maximum absolute atomic E-state index is 14.9. The highest BCUT2D eigenvalue weighted by Gasteiger charge is 2.48. The number of hydrogen-bond acceptors (Lipinski definition) is 6. The minimum Gasteiger partial charge on any atom is -0.391 e. The Labute approximate surface area is 315 Å². The number of aliphatic hydroxyl groups excluding tert-OH is 1. The van der Waals surface area contributed by atoms with Gasteiger partial charge in [0.05, 0.1) is 17.7 Å². The summed E-state index contributed by atoms with van der Waals surface area (Å²) < 4.78 is 0. The van der Waals surface area contributed by atoms with Crippen molar-refractivity contribution in [3.05, 3.63) is 113 Å². The number of nitrogens with zero attached hydrogens (tertiary/aromatic N) is 3. The number of amides is 2. The number of nitrogens with one attached hydrogen (secondary N) is 1. The Balaban J connectivity index is 1.10. The molecule has 5 atom stereocenters. The number of piperidine rings is 1. The van der Waals surface area contributed by atoms with E-state index < -0.39 is 23.7 Å². The van der Waals surface area contributed by atoms with Gasteiger partial charge in [-0.15, -0.1) is 0 Å². The Kier molecular flexibility index (Phi) is 11.9. The molecule has 53 heavy (non-hydrogen) atoms. The second-order valence-electron chi connectivity index (χ2n) is 16.0. The number of carbonyl (C=O) groups excluding carboxylic acids is 3. The smallest absolute Gasteiger partial charge is 0.242 e. The number of benzene rings is 3. The van der Waals surface area contributed by atoms with Crippen molar-refractivity contribution < 1.29 is 19.5 Å². The van der Waals surface area contributed by atoms with Crippen LogP contribution in [0.2, 0.25) is 0 Å². The van der Waals surface area contributed by atoms with Gasteiger partial charge in [-0.3, -0.25) is 14.5 Å². The number of likely N-dealkylation sites (tertiary alicyclic amines) is 3. The molecule has 8 heteroatoms. The molecule has 0 spiro atoms. The van der Waals surface area contributed by atoms with Crippen LogP contribution in [0.25, 0.3) is 0 Å². The summed E-state index contributed by atoms with van der Waals surface area (Å²) in [6.45, 7) is 5.66. The van der Waals surface area contributed by atoms with Gasteiger partial charge in [0.2, 0.25) is 11.8 Å². The third kappa shape index (κ3) is 7.93. The van der Waals surface area contributed by atoms with E-state index in [2.05, 4.69) is 59.5 Å². The van der Waals surface area contributed by atoms with Crippen LogP contribution >= 0.6 is 0 Å². The van der Waals surface area contributed by atoms with Crippen molar-refractivity contribution in [2.45, 2.75) is 101 Å². The van der Waals surface area contributed by atoms with Gasteiger partial charge in [0.1, 0.15) is 12.0 Å². The topological polar surface area (TPSA) is 93.2 Å². The van der Waals surface area contributed by atoms with Crippen molar-refractivity contribution in [3.8, 4) is 0 Å². The molecule has 2 amide bonds. The molecular weight excluding hydrogens is 661 g/mol. The summed E-state index contributed by atoms with van der Waals surface area (Å²) in [7, 11) is 0. The van der Waals surface area contributed by atoms with Gasteiger partial charge < -0.3 is 20.2 Å². The molecule has 8 nitrogen and oxygen atoms in total. The molecule has 4 fully saturated rings. The van der Waals surface area contributed by atoms with Gasteiger partial charge in [0, 0.05) is 50.6 Å². The lowest BCUT2D eigenvalue weighted by molar-refractivity contribution is -0.139. The first-order valence-electron chi connectivity index (χ1n) is 20.0. The van der Waals surface area contributed by atoms with Crippen molar-refractivity contribution in [2.24, 2.45) is 11.8 Å².